The fourth-order valence-electron chi connectivity index (χ4n) is 1.06. The summed E-state index contributed by atoms with van der Waals surface area (Å²) in [6, 6.07) is 3.51. The van der Waals surface area contributed by atoms with Crippen molar-refractivity contribution in [3.05, 3.63) is 22.8 Å². The van der Waals surface area contributed by atoms with E-state index in [0.717, 1.165) is 6.42 Å². The predicted molar refractivity (Wildman–Crippen MR) is 60.6 cm³/mol. The van der Waals surface area contributed by atoms with Crippen LogP contribution in [0, 0.1) is 11.3 Å². The highest BCUT2D eigenvalue weighted by atomic mass is 35.5. The topological polar surface area (TPSA) is 55.1 Å². The highest BCUT2D eigenvalue weighted by Crippen LogP contribution is 2.24. The quantitative estimate of drug-likeness (QED) is 0.717. The minimum absolute atomic E-state index is 0.250. The summed E-state index contributed by atoms with van der Waals surface area (Å²) in [6.07, 6.45) is 2.47. The smallest absolute Gasteiger partial charge is 0.234 e. The van der Waals surface area contributed by atoms with E-state index in [1.807, 2.05) is 13.0 Å². The molecule has 4 nitrogen and oxygen atoms in total. The lowest BCUT2D eigenvalue weighted by Gasteiger charge is -2.07. The van der Waals surface area contributed by atoms with Gasteiger partial charge in [-0.15, -0.1) is 0 Å². The molecule has 0 aliphatic carbocycles. The Bertz CT molecular complexity index is 377. The van der Waals surface area contributed by atoms with E-state index in [9.17, 15) is 0 Å². The molecule has 0 radical (unpaired) electrons. The molecule has 0 bridgehead atoms. The SMILES string of the molecule is CCCOCCOc1nccc(C#N)c1Cl. The van der Waals surface area contributed by atoms with E-state index in [-0.39, 0.29) is 10.9 Å². The van der Waals surface area contributed by atoms with Gasteiger partial charge in [0.1, 0.15) is 17.7 Å². The van der Waals surface area contributed by atoms with E-state index in [1.54, 1.807) is 6.07 Å². The summed E-state index contributed by atoms with van der Waals surface area (Å²) in [5, 5.41) is 8.99. The Balaban J connectivity index is 2.45. The van der Waals surface area contributed by atoms with Crippen LogP contribution in [0.1, 0.15) is 18.9 Å². The Morgan fingerprint density at radius 1 is 1.44 bits per heavy atom. The lowest BCUT2D eigenvalue weighted by Crippen LogP contribution is -2.08. The summed E-state index contributed by atoms with van der Waals surface area (Å²) in [4.78, 5) is 3.94. The molecule has 0 saturated heterocycles. The molecule has 86 valence electrons. The van der Waals surface area contributed by atoms with E-state index in [1.165, 1.54) is 6.20 Å². The van der Waals surface area contributed by atoms with Crippen LogP contribution >= 0.6 is 11.6 Å². The summed E-state index contributed by atoms with van der Waals surface area (Å²) in [5.74, 6) is 0.279. The maximum Gasteiger partial charge on any atom is 0.234 e. The third kappa shape index (κ3) is 3.69. The summed E-state index contributed by atoms with van der Waals surface area (Å²) in [6.45, 7) is 3.61. The molecule has 0 aliphatic rings. The molecular formula is C11H13ClN2O2. The van der Waals surface area contributed by atoms with E-state index in [2.05, 4.69) is 4.98 Å². The molecule has 0 fully saturated rings. The molecular weight excluding hydrogens is 228 g/mol. The lowest BCUT2D eigenvalue weighted by molar-refractivity contribution is 0.0990. The third-order valence-corrected chi connectivity index (χ3v) is 2.16. The van der Waals surface area contributed by atoms with Gasteiger partial charge in [0.2, 0.25) is 5.88 Å². The van der Waals surface area contributed by atoms with Crippen molar-refractivity contribution in [2.24, 2.45) is 0 Å². The van der Waals surface area contributed by atoms with E-state index in [4.69, 9.17) is 26.3 Å². The number of nitrogens with zero attached hydrogens (tertiary/aromatic N) is 2. The minimum Gasteiger partial charge on any atom is -0.474 e. The Labute approximate surface area is 99.8 Å². The maximum absolute atomic E-state index is 8.74. The minimum atomic E-state index is 0.250. The van der Waals surface area contributed by atoms with Gasteiger partial charge >= 0.3 is 0 Å². The monoisotopic (exact) mass is 240 g/mol. The van der Waals surface area contributed by atoms with Crippen molar-refractivity contribution in [1.29, 1.82) is 5.26 Å². The molecule has 1 aromatic rings. The van der Waals surface area contributed by atoms with Crippen LogP contribution in [-0.2, 0) is 4.74 Å². The van der Waals surface area contributed by atoms with E-state index in [0.29, 0.717) is 25.4 Å². The first-order valence-corrected chi connectivity index (χ1v) is 5.42. The van der Waals surface area contributed by atoms with Gasteiger partial charge in [-0.05, 0) is 12.5 Å². The molecule has 0 aromatic carbocycles. The van der Waals surface area contributed by atoms with Gasteiger partial charge in [-0.1, -0.05) is 18.5 Å². The van der Waals surface area contributed by atoms with Crippen LogP contribution in [0.4, 0.5) is 0 Å². The Hall–Kier alpha value is -1.31. The standard InChI is InChI=1S/C11H13ClN2O2/c1-2-5-15-6-7-16-11-10(12)9(8-13)3-4-14-11/h3-4H,2,5-7H2,1H3. The lowest BCUT2D eigenvalue weighted by atomic mass is 10.3. The van der Waals surface area contributed by atoms with Crippen molar-refractivity contribution >= 4 is 11.6 Å². The molecule has 0 N–H and O–H groups in total. The van der Waals surface area contributed by atoms with E-state index >= 15 is 0 Å². The Kier molecular flexibility index (Phi) is 5.62. The van der Waals surface area contributed by atoms with Gasteiger partial charge < -0.3 is 9.47 Å². The van der Waals surface area contributed by atoms with Crippen LogP contribution in [-0.4, -0.2) is 24.8 Å². The first-order valence-electron chi connectivity index (χ1n) is 5.04. The second-order valence-corrected chi connectivity index (χ2v) is 3.43. The number of nitriles is 1. The van der Waals surface area contributed by atoms with Gasteiger partial charge in [0, 0.05) is 12.8 Å². The molecule has 1 aromatic heterocycles. The van der Waals surface area contributed by atoms with Crippen molar-refractivity contribution in [1.82, 2.24) is 4.98 Å². The molecule has 0 unspecified atom stereocenters. The Morgan fingerprint density at radius 2 is 2.25 bits per heavy atom. The summed E-state index contributed by atoms with van der Waals surface area (Å²) in [7, 11) is 0. The predicted octanol–water partition coefficient (Wildman–Crippen LogP) is 2.41. The fourth-order valence-corrected chi connectivity index (χ4v) is 1.26. The molecule has 1 rings (SSSR count). The highest BCUT2D eigenvalue weighted by Gasteiger charge is 2.07. The number of aromatic nitrogens is 1. The average molecular weight is 241 g/mol. The molecule has 0 amide bonds. The van der Waals surface area contributed by atoms with Gasteiger partial charge in [-0.25, -0.2) is 4.98 Å². The van der Waals surface area contributed by atoms with Crippen LogP contribution in [0.3, 0.4) is 0 Å². The number of hydrogen-bond donors (Lipinski definition) is 0. The molecule has 0 saturated carbocycles. The zero-order valence-electron chi connectivity index (χ0n) is 9.07. The number of rotatable bonds is 6. The normalized spacial score (nSPS) is 9.81. The van der Waals surface area contributed by atoms with Crippen LogP contribution in [0.15, 0.2) is 12.3 Å². The van der Waals surface area contributed by atoms with Gasteiger partial charge in [-0.3, -0.25) is 0 Å². The molecule has 0 aliphatic heterocycles. The van der Waals surface area contributed by atoms with Crippen molar-refractivity contribution in [3.63, 3.8) is 0 Å². The van der Waals surface area contributed by atoms with Crippen LogP contribution in [0.2, 0.25) is 5.02 Å². The van der Waals surface area contributed by atoms with Crippen molar-refractivity contribution in [3.8, 4) is 11.9 Å². The van der Waals surface area contributed by atoms with Gasteiger partial charge in [-0.2, -0.15) is 5.26 Å². The highest BCUT2D eigenvalue weighted by molar-refractivity contribution is 6.32. The summed E-state index contributed by atoms with van der Waals surface area (Å²) < 4.78 is 10.5. The average Bonchev–Trinajstić information content (AvgIpc) is 2.31. The maximum atomic E-state index is 8.74. The molecule has 0 atom stereocenters. The zero-order chi connectivity index (χ0) is 11.8. The fraction of sp³-hybridized carbons (Fsp3) is 0.455. The van der Waals surface area contributed by atoms with E-state index < -0.39 is 0 Å². The van der Waals surface area contributed by atoms with Crippen LogP contribution in [0.25, 0.3) is 0 Å². The number of pyridine rings is 1. The van der Waals surface area contributed by atoms with Gasteiger partial charge in [0.25, 0.3) is 0 Å². The van der Waals surface area contributed by atoms with Crippen molar-refractivity contribution in [2.75, 3.05) is 19.8 Å². The third-order valence-electron chi connectivity index (χ3n) is 1.79. The molecule has 1 heterocycles. The van der Waals surface area contributed by atoms with Gasteiger partial charge in [0.15, 0.2) is 0 Å². The number of halogens is 1. The zero-order valence-corrected chi connectivity index (χ0v) is 9.83. The van der Waals surface area contributed by atoms with Gasteiger partial charge in [0.05, 0.1) is 12.2 Å². The molecule has 5 heteroatoms. The van der Waals surface area contributed by atoms with Crippen molar-refractivity contribution < 1.29 is 9.47 Å². The Morgan fingerprint density at radius 3 is 2.94 bits per heavy atom. The molecule has 0 spiro atoms. The van der Waals surface area contributed by atoms with Crippen LogP contribution in [0.5, 0.6) is 5.88 Å². The first kappa shape index (κ1) is 12.8. The second-order valence-electron chi connectivity index (χ2n) is 3.05. The molecule has 16 heavy (non-hydrogen) atoms. The number of ether oxygens (including phenoxy) is 2. The largest absolute Gasteiger partial charge is 0.474 e. The van der Waals surface area contributed by atoms with Crippen LogP contribution < -0.4 is 4.74 Å². The van der Waals surface area contributed by atoms with Crippen molar-refractivity contribution in [2.45, 2.75) is 13.3 Å². The second kappa shape index (κ2) is 7.04. The number of hydrogen-bond acceptors (Lipinski definition) is 4. The summed E-state index contributed by atoms with van der Waals surface area (Å²) >= 11 is 5.90. The summed E-state index contributed by atoms with van der Waals surface area (Å²) in [5.41, 5.74) is 0.362. The first-order chi connectivity index (χ1) is 7.79.